The van der Waals surface area contributed by atoms with E-state index >= 15 is 0 Å². The van der Waals surface area contributed by atoms with Gasteiger partial charge in [0.15, 0.2) is 0 Å². The number of hydrogen-bond acceptors (Lipinski definition) is 2. The summed E-state index contributed by atoms with van der Waals surface area (Å²) in [6.45, 7) is 3.79. The number of nitrogens with zero attached hydrogens (tertiary/aromatic N) is 1. The summed E-state index contributed by atoms with van der Waals surface area (Å²) < 4.78 is 1.56. The fourth-order valence-corrected chi connectivity index (χ4v) is 1.76. The summed E-state index contributed by atoms with van der Waals surface area (Å²) in [5.41, 5.74) is -0.213. The Balaban J connectivity index is 2.50. The molecule has 0 spiro atoms. The number of hydrogen-bond donors (Lipinski definition) is 1. The first kappa shape index (κ1) is 9.24. The summed E-state index contributed by atoms with van der Waals surface area (Å²) in [7, 11) is 0. The average molecular weight is 194 g/mol. The fourth-order valence-electron chi connectivity index (χ4n) is 1.76. The lowest BCUT2D eigenvalue weighted by atomic mass is 10.2. The van der Waals surface area contributed by atoms with Crippen LogP contribution in [-0.2, 0) is 0 Å². The first-order valence-electron chi connectivity index (χ1n) is 4.91. The summed E-state index contributed by atoms with van der Waals surface area (Å²) in [6, 6.07) is 0.156. The molecule has 0 saturated heterocycles. The molecule has 1 N–H and O–H groups in total. The van der Waals surface area contributed by atoms with Gasteiger partial charge in [-0.05, 0) is 32.6 Å². The van der Waals surface area contributed by atoms with Crippen LogP contribution in [0.25, 0.3) is 0 Å². The highest BCUT2D eigenvalue weighted by molar-refractivity contribution is 4.97. The van der Waals surface area contributed by atoms with Gasteiger partial charge in [0.05, 0.1) is 0 Å². The smallest absolute Gasteiger partial charge is 0.316 e. The molecule has 4 heteroatoms. The third-order valence-electron chi connectivity index (χ3n) is 2.82. The van der Waals surface area contributed by atoms with E-state index < -0.39 is 11.1 Å². The Hall–Kier alpha value is -1.32. The molecule has 1 aromatic heterocycles. The van der Waals surface area contributed by atoms with Crippen LogP contribution in [0.5, 0.6) is 0 Å². The molecule has 1 saturated carbocycles. The predicted octanol–water partition coefficient (Wildman–Crippen LogP) is 0.816. The molecule has 1 heterocycles. The van der Waals surface area contributed by atoms with Gasteiger partial charge in [-0.25, -0.2) is 0 Å². The molecule has 1 aromatic rings. The Labute approximate surface area is 81.6 Å². The van der Waals surface area contributed by atoms with E-state index in [1.54, 1.807) is 17.7 Å². The summed E-state index contributed by atoms with van der Waals surface area (Å²) in [5.74, 6) is 0.578. The van der Waals surface area contributed by atoms with Gasteiger partial charge in [0.2, 0.25) is 0 Å². The molecule has 0 aliphatic heterocycles. The van der Waals surface area contributed by atoms with Gasteiger partial charge in [-0.15, -0.1) is 0 Å². The Morgan fingerprint density at radius 1 is 1.50 bits per heavy atom. The zero-order valence-corrected chi connectivity index (χ0v) is 8.41. The van der Waals surface area contributed by atoms with E-state index in [4.69, 9.17) is 0 Å². The molecule has 0 aromatic carbocycles. The van der Waals surface area contributed by atoms with E-state index in [1.165, 1.54) is 12.8 Å². The topological polar surface area (TPSA) is 54.9 Å². The summed E-state index contributed by atoms with van der Waals surface area (Å²) in [4.78, 5) is 25.2. The fraction of sp³-hybridized carbons (Fsp3) is 0.600. The molecule has 0 radical (unpaired) electrons. The largest absolute Gasteiger partial charge is 0.320 e. The number of aromatic amines is 1. The second-order valence-corrected chi connectivity index (χ2v) is 4.06. The van der Waals surface area contributed by atoms with Crippen molar-refractivity contribution in [1.29, 1.82) is 0 Å². The molecular weight excluding hydrogens is 180 g/mol. The molecule has 76 valence electrons. The van der Waals surface area contributed by atoms with Gasteiger partial charge in [-0.1, -0.05) is 0 Å². The first-order valence-corrected chi connectivity index (χ1v) is 4.91. The molecule has 4 nitrogen and oxygen atoms in total. The van der Waals surface area contributed by atoms with Crippen LogP contribution in [0.1, 0.15) is 31.5 Å². The van der Waals surface area contributed by atoms with Crippen molar-refractivity contribution in [1.82, 2.24) is 9.55 Å². The van der Waals surface area contributed by atoms with Crippen molar-refractivity contribution in [3.8, 4) is 0 Å². The van der Waals surface area contributed by atoms with E-state index in [-0.39, 0.29) is 6.04 Å². The van der Waals surface area contributed by atoms with Crippen LogP contribution in [0.15, 0.2) is 15.8 Å². The van der Waals surface area contributed by atoms with Crippen molar-refractivity contribution in [2.45, 2.75) is 32.7 Å². The molecule has 1 aliphatic carbocycles. The third-order valence-corrected chi connectivity index (χ3v) is 2.82. The highest BCUT2D eigenvalue weighted by Crippen LogP contribution is 2.38. The number of rotatable bonds is 2. The van der Waals surface area contributed by atoms with Crippen LogP contribution < -0.4 is 11.1 Å². The molecule has 2 rings (SSSR count). The maximum Gasteiger partial charge on any atom is 0.316 e. The van der Waals surface area contributed by atoms with Gasteiger partial charge >= 0.3 is 11.1 Å². The van der Waals surface area contributed by atoms with Gasteiger partial charge < -0.3 is 9.55 Å². The monoisotopic (exact) mass is 194 g/mol. The molecule has 1 fully saturated rings. The van der Waals surface area contributed by atoms with E-state index in [0.717, 1.165) is 5.69 Å². The maximum atomic E-state index is 11.5. The summed E-state index contributed by atoms with van der Waals surface area (Å²) in [6.07, 6.45) is 4.06. The SMILES string of the molecule is Cc1cn([C@H](C)C2CC2)c(=O)c(=O)[nH]1. The Morgan fingerprint density at radius 2 is 2.14 bits per heavy atom. The van der Waals surface area contributed by atoms with Gasteiger partial charge in [0.1, 0.15) is 0 Å². The minimum Gasteiger partial charge on any atom is -0.320 e. The van der Waals surface area contributed by atoms with Crippen molar-refractivity contribution in [3.63, 3.8) is 0 Å². The maximum absolute atomic E-state index is 11.5. The van der Waals surface area contributed by atoms with Crippen LogP contribution >= 0.6 is 0 Å². The lowest BCUT2D eigenvalue weighted by molar-refractivity contribution is 0.465. The zero-order valence-electron chi connectivity index (χ0n) is 8.41. The van der Waals surface area contributed by atoms with Crippen LogP contribution in [-0.4, -0.2) is 9.55 Å². The van der Waals surface area contributed by atoms with E-state index in [9.17, 15) is 9.59 Å². The number of aryl methyl sites for hydroxylation is 1. The average Bonchev–Trinajstić information content (AvgIpc) is 2.93. The molecular formula is C10H14N2O2. The van der Waals surface area contributed by atoms with Crippen LogP contribution in [0.4, 0.5) is 0 Å². The zero-order chi connectivity index (χ0) is 10.3. The minimum atomic E-state index is -0.516. The molecule has 0 amide bonds. The molecule has 14 heavy (non-hydrogen) atoms. The van der Waals surface area contributed by atoms with Gasteiger partial charge in [-0.2, -0.15) is 0 Å². The molecule has 1 aliphatic rings. The quantitative estimate of drug-likeness (QED) is 0.708. The Morgan fingerprint density at radius 3 is 2.71 bits per heavy atom. The van der Waals surface area contributed by atoms with Crippen molar-refractivity contribution in [3.05, 3.63) is 32.6 Å². The van der Waals surface area contributed by atoms with E-state index in [0.29, 0.717) is 5.92 Å². The van der Waals surface area contributed by atoms with Crippen molar-refractivity contribution >= 4 is 0 Å². The lowest BCUT2D eigenvalue weighted by Gasteiger charge is -2.13. The van der Waals surface area contributed by atoms with Crippen LogP contribution in [0, 0.1) is 12.8 Å². The van der Waals surface area contributed by atoms with Crippen molar-refractivity contribution < 1.29 is 0 Å². The molecule has 0 bridgehead atoms. The van der Waals surface area contributed by atoms with Gasteiger partial charge in [-0.3, -0.25) is 9.59 Å². The first-order chi connectivity index (χ1) is 6.59. The van der Waals surface area contributed by atoms with Crippen LogP contribution in [0.3, 0.4) is 0 Å². The Bertz CT molecular complexity index is 454. The molecule has 0 unspecified atom stereocenters. The lowest BCUT2D eigenvalue weighted by Crippen LogP contribution is -2.38. The normalized spacial score (nSPS) is 18.1. The second-order valence-electron chi connectivity index (χ2n) is 4.06. The standard InChI is InChI=1S/C10H14N2O2/c1-6-5-12(7(2)8-3-4-8)10(14)9(13)11-6/h5,7-8H,3-4H2,1-2H3,(H,11,13)/t7-/m1/s1. The minimum absolute atomic E-state index is 0.156. The Kier molecular flexibility index (Phi) is 2.06. The van der Waals surface area contributed by atoms with E-state index in [1.807, 2.05) is 6.92 Å². The third kappa shape index (κ3) is 1.52. The number of aromatic nitrogens is 2. The summed E-state index contributed by atoms with van der Waals surface area (Å²) >= 11 is 0. The van der Waals surface area contributed by atoms with Gasteiger partial charge in [0.25, 0.3) is 0 Å². The summed E-state index contributed by atoms with van der Waals surface area (Å²) in [5, 5.41) is 0. The van der Waals surface area contributed by atoms with Crippen molar-refractivity contribution in [2.75, 3.05) is 0 Å². The highest BCUT2D eigenvalue weighted by atomic mass is 16.2. The number of nitrogens with one attached hydrogen (secondary N) is 1. The van der Waals surface area contributed by atoms with Crippen LogP contribution in [0.2, 0.25) is 0 Å². The highest BCUT2D eigenvalue weighted by Gasteiger charge is 2.29. The van der Waals surface area contributed by atoms with E-state index in [2.05, 4.69) is 4.98 Å². The van der Waals surface area contributed by atoms with Gasteiger partial charge in [0, 0.05) is 17.9 Å². The second kappa shape index (κ2) is 3.12. The number of H-pyrrole nitrogens is 1. The predicted molar refractivity (Wildman–Crippen MR) is 53.5 cm³/mol. The van der Waals surface area contributed by atoms with Crippen molar-refractivity contribution in [2.24, 2.45) is 5.92 Å². The molecule has 1 atom stereocenters.